The molecule has 1 N–H and O–H groups in total. The molecule has 0 saturated carbocycles. The van der Waals surface area contributed by atoms with Crippen LogP contribution in [0.25, 0.3) is 10.8 Å². The second-order valence-electron chi connectivity index (χ2n) is 4.72. The predicted octanol–water partition coefficient (Wildman–Crippen LogP) is 3.42. The maximum atomic E-state index is 6.24. The highest BCUT2D eigenvalue weighted by Crippen LogP contribution is 2.31. The Morgan fingerprint density at radius 1 is 1.29 bits per heavy atom. The first-order chi connectivity index (χ1) is 10.4. The lowest BCUT2D eigenvalue weighted by molar-refractivity contribution is 0.197. The van der Waals surface area contributed by atoms with Gasteiger partial charge in [-0.15, -0.1) is 11.3 Å². The third kappa shape index (κ3) is 3.20. The number of benzene rings is 1. The summed E-state index contributed by atoms with van der Waals surface area (Å²) in [5, 5.41) is 8.32. The van der Waals surface area contributed by atoms with E-state index in [2.05, 4.69) is 21.4 Å². The van der Waals surface area contributed by atoms with E-state index in [1.54, 1.807) is 17.5 Å². The highest BCUT2D eigenvalue weighted by molar-refractivity contribution is 7.09. The van der Waals surface area contributed by atoms with Crippen molar-refractivity contribution in [1.29, 1.82) is 0 Å². The molecule has 0 aliphatic carbocycles. The summed E-state index contributed by atoms with van der Waals surface area (Å²) in [5.41, 5.74) is 0. The number of hydrogen-bond donors (Lipinski definition) is 1. The number of pyridine rings is 1. The molecule has 0 bridgehead atoms. The summed E-state index contributed by atoms with van der Waals surface area (Å²) in [7, 11) is 1.95. The molecule has 3 aromatic rings. The molecule has 0 amide bonds. The molecule has 108 valence electrons. The van der Waals surface area contributed by atoms with E-state index in [4.69, 9.17) is 4.74 Å². The van der Waals surface area contributed by atoms with Crippen molar-refractivity contribution in [3.05, 3.63) is 53.2 Å². The van der Waals surface area contributed by atoms with Crippen molar-refractivity contribution in [3.63, 3.8) is 0 Å². The molecule has 4 nitrogen and oxygen atoms in total. The lowest BCUT2D eigenvalue weighted by Gasteiger charge is -2.18. The largest absolute Gasteiger partial charge is 0.482 e. The lowest BCUT2D eigenvalue weighted by atomic mass is 10.1. The SMILES string of the molecule is CNCCC(Oc1cccc2ccncc12)c1nccs1. The number of ether oxygens (including phenoxy) is 1. The van der Waals surface area contributed by atoms with Crippen molar-refractivity contribution >= 4 is 22.1 Å². The van der Waals surface area contributed by atoms with Crippen LogP contribution in [0.2, 0.25) is 0 Å². The minimum absolute atomic E-state index is 0.0387. The van der Waals surface area contributed by atoms with Gasteiger partial charge in [-0.3, -0.25) is 4.98 Å². The van der Waals surface area contributed by atoms with Gasteiger partial charge in [-0.2, -0.15) is 0 Å². The molecule has 1 aromatic carbocycles. The first-order valence-electron chi connectivity index (χ1n) is 6.92. The van der Waals surface area contributed by atoms with Crippen molar-refractivity contribution in [3.8, 4) is 5.75 Å². The minimum Gasteiger partial charge on any atom is -0.482 e. The molecular formula is C16H17N3OS. The van der Waals surface area contributed by atoms with Crippen LogP contribution in [-0.4, -0.2) is 23.6 Å². The van der Waals surface area contributed by atoms with Crippen molar-refractivity contribution < 1.29 is 4.74 Å². The van der Waals surface area contributed by atoms with Crippen molar-refractivity contribution in [2.45, 2.75) is 12.5 Å². The van der Waals surface area contributed by atoms with Gasteiger partial charge in [0.05, 0.1) is 0 Å². The molecule has 1 atom stereocenters. The van der Waals surface area contributed by atoms with Crippen LogP contribution < -0.4 is 10.1 Å². The Morgan fingerprint density at radius 2 is 2.24 bits per heavy atom. The summed E-state index contributed by atoms with van der Waals surface area (Å²) < 4.78 is 6.24. The molecule has 0 spiro atoms. The Bertz CT molecular complexity index is 694. The zero-order chi connectivity index (χ0) is 14.5. The molecule has 0 aliphatic heterocycles. The summed E-state index contributed by atoms with van der Waals surface area (Å²) in [5.74, 6) is 0.858. The average molecular weight is 299 g/mol. The van der Waals surface area contributed by atoms with Gasteiger partial charge in [-0.1, -0.05) is 12.1 Å². The van der Waals surface area contributed by atoms with E-state index < -0.39 is 0 Å². The van der Waals surface area contributed by atoms with Crippen LogP contribution in [0.5, 0.6) is 5.75 Å². The van der Waals surface area contributed by atoms with Gasteiger partial charge in [0.2, 0.25) is 0 Å². The first kappa shape index (κ1) is 14.0. The number of rotatable bonds is 6. The number of nitrogens with zero attached hydrogens (tertiary/aromatic N) is 2. The minimum atomic E-state index is -0.0387. The van der Waals surface area contributed by atoms with Gasteiger partial charge < -0.3 is 10.1 Å². The zero-order valence-electron chi connectivity index (χ0n) is 11.8. The van der Waals surface area contributed by atoms with Crippen molar-refractivity contribution in [2.24, 2.45) is 0 Å². The Labute approximate surface area is 127 Å². The monoisotopic (exact) mass is 299 g/mol. The van der Waals surface area contributed by atoms with Crippen LogP contribution in [0.4, 0.5) is 0 Å². The Kier molecular flexibility index (Phi) is 4.43. The third-order valence-corrected chi connectivity index (χ3v) is 4.16. The van der Waals surface area contributed by atoms with Gasteiger partial charge in [0.25, 0.3) is 0 Å². The molecule has 2 aromatic heterocycles. The van der Waals surface area contributed by atoms with Gasteiger partial charge in [0.15, 0.2) is 6.10 Å². The van der Waals surface area contributed by atoms with Crippen LogP contribution in [0.1, 0.15) is 17.5 Å². The molecule has 5 heteroatoms. The number of thiazole rings is 1. The molecule has 1 unspecified atom stereocenters. The molecule has 21 heavy (non-hydrogen) atoms. The molecular weight excluding hydrogens is 282 g/mol. The van der Waals surface area contributed by atoms with E-state index in [9.17, 15) is 0 Å². The van der Waals surface area contributed by atoms with Crippen LogP contribution in [0.15, 0.2) is 48.2 Å². The van der Waals surface area contributed by atoms with Crippen molar-refractivity contribution in [1.82, 2.24) is 15.3 Å². The number of hydrogen-bond acceptors (Lipinski definition) is 5. The maximum absolute atomic E-state index is 6.24. The maximum Gasteiger partial charge on any atom is 0.151 e. The van der Waals surface area contributed by atoms with E-state index in [1.165, 1.54) is 0 Å². The Morgan fingerprint density at radius 3 is 3.05 bits per heavy atom. The molecule has 0 radical (unpaired) electrons. The quantitative estimate of drug-likeness (QED) is 0.757. The normalized spacial score (nSPS) is 12.4. The van der Waals surface area contributed by atoms with Crippen LogP contribution in [0.3, 0.4) is 0 Å². The number of nitrogens with one attached hydrogen (secondary N) is 1. The number of fused-ring (bicyclic) bond motifs is 1. The first-order valence-corrected chi connectivity index (χ1v) is 7.80. The van der Waals surface area contributed by atoms with Gasteiger partial charge >= 0.3 is 0 Å². The second kappa shape index (κ2) is 6.65. The Hall–Kier alpha value is -1.98. The van der Waals surface area contributed by atoms with Crippen molar-refractivity contribution in [2.75, 3.05) is 13.6 Å². The van der Waals surface area contributed by atoms with Gasteiger partial charge in [0.1, 0.15) is 10.8 Å². The average Bonchev–Trinajstić information content (AvgIpc) is 3.06. The van der Waals surface area contributed by atoms with Crippen LogP contribution >= 0.6 is 11.3 Å². The van der Waals surface area contributed by atoms with Crippen LogP contribution in [-0.2, 0) is 0 Å². The van der Waals surface area contributed by atoms with Gasteiger partial charge in [-0.05, 0) is 31.1 Å². The summed E-state index contributed by atoms with van der Waals surface area (Å²) in [6.45, 7) is 0.882. The molecule has 0 fully saturated rings. The third-order valence-electron chi connectivity index (χ3n) is 3.30. The van der Waals surface area contributed by atoms with Gasteiger partial charge in [-0.25, -0.2) is 4.98 Å². The second-order valence-corrected chi connectivity index (χ2v) is 5.65. The van der Waals surface area contributed by atoms with Gasteiger partial charge in [0, 0.05) is 35.8 Å². The van der Waals surface area contributed by atoms with E-state index in [0.29, 0.717) is 0 Å². The fraction of sp³-hybridized carbons (Fsp3) is 0.250. The summed E-state index contributed by atoms with van der Waals surface area (Å²) in [4.78, 5) is 8.60. The van der Waals surface area contributed by atoms with E-state index in [0.717, 1.165) is 34.5 Å². The molecule has 2 heterocycles. The standard InChI is InChI=1S/C16H17N3OS/c1-17-7-6-15(16-19-9-10-21-16)20-14-4-2-3-12-5-8-18-11-13(12)14/h2-5,8-11,15,17H,6-7H2,1H3. The fourth-order valence-corrected chi connectivity index (χ4v) is 2.94. The smallest absolute Gasteiger partial charge is 0.151 e. The van der Waals surface area contributed by atoms with E-state index in [-0.39, 0.29) is 6.10 Å². The zero-order valence-corrected chi connectivity index (χ0v) is 12.6. The highest BCUT2D eigenvalue weighted by Gasteiger charge is 2.17. The molecule has 0 saturated heterocycles. The fourth-order valence-electron chi connectivity index (χ4n) is 2.24. The van der Waals surface area contributed by atoms with Crippen LogP contribution in [0, 0.1) is 0 Å². The van der Waals surface area contributed by atoms with E-state index in [1.807, 2.05) is 43.0 Å². The molecule has 0 aliphatic rings. The highest BCUT2D eigenvalue weighted by atomic mass is 32.1. The lowest BCUT2D eigenvalue weighted by Crippen LogP contribution is -2.16. The topological polar surface area (TPSA) is 47.0 Å². The molecule has 3 rings (SSSR count). The number of aromatic nitrogens is 2. The summed E-state index contributed by atoms with van der Waals surface area (Å²) in [6, 6.07) is 8.06. The van der Waals surface area contributed by atoms with E-state index >= 15 is 0 Å². The summed E-state index contributed by atoms with van der Waals surface area (Å²) in [6.07, 6.45) is 6.30. The predicted molar refractivity (Wildman–Crippen MR) is 85.8 cm³/mol. The summed E-state index contributed by atoms with van der Waals surface area (Å²) >= 11 is 1.63. The Balaban J connectivity index is 1.90.